The molecule has 1 amide bonds. The van der Waals surface area contributed by atoms with E-state index in [0.29, 0.717) is 17.4 Å². The number of aromatic nitrogens is 1. The van der Waals surface area contributed by atoms with Crippen LogP contribution in [0.3, 0.4) is 0 Å². The van der Waals surface area contributed by atoms with Gasteiger partial charge in [-0.25, -0.2) is 0 Å². The molecular formula is C26H37N3O2S. The zero-order chi connectivity index (χ0) is 23.0. The van der Waals surface area contributed by atoms with Gasteiger partial charge in [-0.2, -0.15) is 0 Å². The van der Waals surface area contributed by atoms with Crippen LogP contribution in [0.1, 0.15) is 83.1 Å². The molecule has 6 heteroatoms. The average molecular weight is 456 g/mol. The van der Waals surface area contributed by atoms with Crippen LogP contribution >= 0.6 is 11.3 Å². The average Bonchev–Trinajstić information content (AvgIpc) is 3.11. The predicted molar refractivity (Wildman–Crippen MR) is 132 cm³/mol. The molecule has 2 N–H and O–H groups in total. The number of nitrogens with one attached hydrogen (secondary N) is 2. The Labute approximate surface area is 195 Å². The number of aryl methyl sites for hydroxylation is 2. The fraction of sp³-hybridized carbons (Fsp3) is 0.615. The lowest BCUT2D eigenvalue weighted by molar-refractivity contribution is 0.0339. The van der Waals surface area contributed by atoms with E-state index in [1.165, 1.54) is 43.6 Å². The van der Waals surface area contributed by atoms with Gasteiger partial charge in [-0.1, -0.05) is 13.8 Å². The van der Waals surface area contributed by atoms with Crippen LogP contribution in [0.15, 0.2) is 16.2 Å². The van der Waals surface area contributed by atoms with Gasteiger partial charge in [0, 0.05) is 47.2 Å². The van der Waals surface area contributed by atoms with Gasteiger partial charge in [0.25, 0.3) is 11.5 Å². The van der Waals surface area contributed by atoms with Crippen LogP contribution in [0, 0.1) is 32.6 Å². The Hall–Kier alpha value is -1.92. The van der Waals surface area contributed by atoms with E-state index < -0.39 is 0 Å². The number of likely N-dealkylation sites (tertiary alicyclic amines) is 1. The number of nitrogens with zero attached hydrogens (tertiary/aromatic N) is 1. The minimum absolute atomic E-state index is 0.0906. The summed E-state index contributed by atoms with van der Waals surface area (Å²) in [5.74, 6) is 1.97. The van der Waals surface area contributed by atoms with Gasteiger partial charge in [-0.15, -0.1) is 11.3 Å². The molecule has 1 aliphatic heterocycles. The summed E-state index contributed by atoms with van der Waals surface area (Å²) in [5, 5.41) is 4.96. The first kappa shape index (κ1) is 23.2. The molecule has 0 bridgehead atoms. The largest absolute Gasteiger partial charge is 0.348 e. The number of rotatable bonds is 6. The summed E-state index contributed by atoms with van der Waals surface area (Å²) < 4.78 is 0. The van der Waals surface area contributed by atoms with Crippen LogP contribution in [0.5, 0.6) is 0 Å². The molecule has 2 fully saturated rings. The second kappa shape index (κ2) is 9.52. The van der Waals surface area contributed by atoms with Crippen LogP contribution in [0.2, 0.25) is 0 Å². The molecular weight excluding hydrogens is 418 g/mol. The Morgan fingerprint density at radius 2 is 1.91 bits per heavy atom. The highest BCUT2D eigenvalue weighted by atomic mass is 32.1. The zero-order valence-electron chi connectivity index (χ0n) is 20.1. The number of pyridine rings is 1. The van der Waals surface area contributed by atoms with Crippen molar-refractivity contribution in [3.05, 3.63) is 54.6 Å². The van der Waals surface area contributed by atoms with Crippen molar-refractivity contribution < 1.29 is 4.79 Å². The number of carbonyl (C=O) groups excluding carboxylic acids is 1. The highest BCUT2D eigenvalue weighted by molar-refractivity contribution is 7.10. The van der Waals surface area contributed by atoms with Gasteiger partial charge in [0.15, 0.2) is 0 Å². The lowest BCUT2D eigenvalue weighted by Gasteiger charge is -2.46. The summed E-state index contributed by atoms with van der Waals surface area (Å²) in [6.45, 7) is 13.4. The molecule has 2 aliphatic rings. The number of hydrogen-bond acceptors (Lipinski definition) is 4. The van der Waals surface area contributed by atoms with Crippen LogP contribution in [-0.4, -0.2) is 34.9 Å². The number of carbonyl (C=O) groups is 1. The highest BCUT2D eigenvalue weighted by Gasteiger charge is 2.34. The predicted octanol–water partition coefficient (Wildman–Crippen LogP) is 4.91. The normalized spacial score (nSPS) is 23.0. The molecule has 4 rings (SSSR count). The Balaban J connectivity index is 1.36. The second-order valence-corrected chi connectivity index (χ2v) is 11.1. The fourth-order valence-corrected chi connectivity index (χ4v) is 6.92. The molecule has 3 heterocycles. The van der Waals surface area contributed by atoms with Crippen molar-refractivity contribution in [1.82, 2.24) is 15.2 Å². The van der Waals surface area contributed by atoms with Crippen molar-refractivity contribution in [1.29, 1.82) is 0 Å². The molecule has 2 aromatic heterocycles. The van der Waals surface area contributed by atoms with Crippen molar-refractivity contribution in [3.63, 3.8) is 0 Å². The molecule has 1 atom stereocenters. The smallest absolute Gasteiger partial charge is 0.253 e. The summed E-state index contributed by atoms with van der Waals surface area (Å²) in [6, 6.07) is 2.73. The molecule has 0 aromatic carbocycles. The summed E-state index contributed by atoms with van der Waals surface area (Å²) in [4.78, 5) is 32.0. The maximum absolute atomic E-state index is 12.9. The highest BCUT2D eigenvalue weighted by Crippen LogP contribution is 2.41. The Morgan fingerprint density at radius 1 is 1.22 bits per heavy atom. The maximum atomic E-state index is 12.9. The molecule has 2 aromatic rings. The molecule has 174 valence electrons. The van der Waals surface area contributed by atoms with Gasteiger partial charge in [0.2, 0.25) is 0 Å². The van der Waals surface area contributed by atoms with E-state index in [2.05, 4.69) is 36.0 Å². The van der Waals surface area contributed by atoms with Crippen molar-refractivity contribution >= 4 is 17.2 Å². The van der Waals surface area contributed by atoms with Crippen LogP contribution in [0.4, 0.5) is 0 Å². The van der Waals surface area contributed by atoms with E-state index in [9.17, 15) is 9.59 Å². The van der Waals surface area contributed by atoms with Crippen LogP contribution in [-0.2, 0) is 6.54 Å². The molecule has 1 aliphatic carbocycles. The first-order valence-electron chi connectivity index (χ1n) is 12.0. The van der Waals surface area contributed by atoms with Crippen molar-refractivity contribution in [2.75, 3.05) is 13.1 Å². The van der Waals surface area contributed by atoms with E-state index in [1.807, 2.05) is 25.3 Å². The van der Waals surface area contributed by atoms with Crippen LogP contribution in [0.25, 0.3) is 0 Å². The lowest BCUT2D eigenvalue weighted by atomic mass is 9.76. The van der Waals surface area contributed by atoms with Gasteiger partial charge in [-0.3, -0.25) is 14.5 Å². The quantitative estimate of drug-likeness (QED) is 0.651. The Bertz CT molecular complexity index is 1030. The number of aromatic amines is 1. The maximum Gasteiger partial charge on any atom is 0.253 e. The van der Waals surface area contributed by atoms with Crippen molar-refractivity contribution in [2.24, 2.45) is 11.8 Å². The van der Waals surface area contributed by atoms with Gasteiger partial charge in [0.1, 0.15) is 0 Å². The summed E-state index contributed by atoms with van der Waals surface area (Å²) in [7, 11) is 0. The molecule has 1 saturated heterocycles. The third kappa shape index (κ3) is 4.72. The third-order valence-electron chi connectivity index (χ3n) is 7.71. The standard InChI is InChI=1S/C26H37N3O2S/c1-15-12-29(13-15)21-8-6-20(7-9-21)18(4)24-19(5)23(14-32-24)25(30)27-11-22-16(2)10-17(3)28-26(22)31/h10,14-15,18,20-21H,6-9,11-13H2,1-5H3,(H,27,30)(H,28,31)/t18?,20-,21-. The van der Waals surface area contributed by atoms with Crippen molar-refractivity contribution in [3.8, 4) is 0 Å². The van der Waals surface area contributed by atoms with E-state index >= 15 is 0 Å². The third-order valence-corrected chi connectivity index (χ3v) is 9.00. The van der Waals surface area contributed by atoms with E-state index in [0.717, 1.165) is 34.3 Å². The minimum Gasteiger partial charge on any atom is -0.348 e. The number of thiophene rings is 1. The molecule has 1 unspecified atom stereocenters. The van der Waals surface area contributed by atoms with Crippen LogP contribution < -0.4 is 10.9 Å². The molecule has 5 nitrogen and oxygen atoms in total. The molecule has 0 radical (unpaired) electrons. The van der Waals surface area contributed by atoms with E-state index in [-0.39, 0.29) is 18.0 Å². The van der Waals surface area contributed by atoms with Gasteiger partial charge < -0.3 is 10.3 Å². The van der Waals surface area contributed by atoms with E-state index in [4.69, 9.17) is 0 Å². The lowest BCUT2D eigenvalue weighted by Crippen LogP contribution is -2.52. The number of hydrogen-bond donors (Lipinski definition) is 2. The minimum atomic E-state index is -0.123. The molecule has 32 heavy (non-hydrogen) atoms. The Morgan fingerprint density at radius 3 is 2.53 bits per heavy atom. The van der Waals surface area contributed by atoms with E-state index in [1.54, 1.807) is 11.3 Å². The van der Waals surface area contributed by atoms with Gasteiger partial charge in [-0.05, 0) is 81.4 Å². The molecule has 0 spiro atoms. The monoisotopic (exact) mass is 455 g/mol. The first-order chi connectivity index (χ1) is 15.2. The fourth-order valence-electron chi connectivity index (χ4n) is 5.70. The van der Waals surface area contributed by atoms with Crippen molar-refractivity contribution in [2.45, 2.75) is 78.8 Å². The number of H-pyrrole nitrogens is 1. The zero-order valence-corrected chi connectivity index (χ0v) is 20.9. The topological polar surface area (TPSA) is 65.2 Å². The summed E-state index contributed by atoms with van der Waals surface area (Å²) in [5.41, 5.74) is 4.10. The van der Waals surface area contributed by atoms with Gasteiger partial charge in [0.05, 0.1) is 5.56 Å². The SMILES string of the molecule is Cc1cc(C)c(CNC(=O)c2csc(C(C)[C@H]3CC[C@H](N4CC(C)C4)CC3)c2C)c(=O)[nH]1. The first-order valence-corrected chi connectivity index (χ1v) is 12.9. The van der Waals surface area contributed by atoms with Gasteiger partial charge >= 0.3 is 0 Å². The summed E-state index contributed by atoms with van der Waals surface area (Å²) >= 11 is 1.72. The summed E-state index contributed by atoms with van der Waals surface area (Å²) in [6.07, 6.45) is 5.18. The number of amides is 1. The Kier molecular flexibility index (Phi) is 6.91. The second-order valence-electron chi connectivity index (χ2n) is 10.2. The molecule has 1 saturated carbocycles.